The fourth-order valence-electron chi connectivity index (χ4n) is 1.69. The lowest BCUT2D eigenvalue weighted by atomic mass is 10.2. The van der Waals surface area contributed by atoms with Crippen molar-refractivity contribution in [3.8, 4) is 0 Å². The molecule has 1 rings (SSSR count). The molecule has 0 saturated heterocycles. The Labute approximate surface area is 119 Å². The van der Waals surface area contributed by atoms with Crippen molar-refractivity contribution in [2.45, 2.75) is 46.2 Å². The van der Waals surface area contributed by atoms with Crippen LogP contribution in [0.25, 0.3) is 0 Å². The lowest BCUT2D eigenvalue weighted by Crippen LogP contribution is -2.40. The van der Waals surface area contributed by atoms with Gasteiger partial charge in [-0.3, -0.25) is 4.79 Å². The molecule has 4 nitrogen and oxygen atoms in total. The number of nitrogens with two attached hydrogens (primary N) is 1. The summed E-state index contributed by atoms with van der Waals surface area (Å²) in [4.78, 5) is 19.2. The van der Waals surface area contributed by atoms with Crippen LogP contribution in [0.3, 0.4) is 0 Å². The van der Waals surface area contributed by atoms with E-state index in [1.165, 1.54) is 0 Å². The van der Waals surface area contributed by atoms with Crippen LogP contribution in [0.5, 0.6) is 0 Å². The van der Waals surface area contributed by atoms with Crippen molar-refractivity contribution in [2.75, 3.05) is 7.05 Å². The second-order valence-corrected chi connectivity index (χ2v) is 5.44. The Bertz CT molecular complexity index is 406. The summed E-state index contributed by atoms with van der Waals surface area (Å²) in [6.07, 6.45) is 0.934. The summed E-state index contributed by atoms with van der Waals surface area (Å²) in [5.74, 6) is -0.0386. The SMILES string of the molecule is CCc1nc(C)c(C(C)N(C)C(=O)C(C)N)s1.Cl. The van der Waals surface area contributed by atoms with E-state index in [4.69, 9.17) is 5.73 Å². The number of carbonyl (C=O) groups is 1. The van der Waals surface area contributed by atoms with Gasteiger partial charge in [0.05, 0.1) is 22.8 Å². The number of thiazole rings is 1. The summed E-state index contributed by atoms with van der Waals surface area (Å²) in [5.41, 5.74) is 6.64. The standard InChI is InChI=1S/C12H21N3OS.ClH/c1-6-10-14-8(3)11(17-10)9(4)15(5)12(16)7(2)13;/h7,9H,6,13H2,1-5H3;1H. The Morgan fingerprint density at radius 1 is 1.50 bits per heavy atom. The quantitative estimate of drug-likeness (QED) is 0.926. The van der Waals surface area contributed by atoms with E-state index in [2.05, 4.69) is 11.9 Å². The van der Waals surface area contributed by atoms with Gasteiger partial charge >= 0.3 is 0 Å². The Morgan fingerprint density at radius 3 is 2.44 bits per heavy atom. The summed E-state index contributed by atoms with van der Waals surface area (Å²) in [7, 11) is 1.79. The summed E-state index contributed by atoms with van der Waals surface area (Å²) in [5, 5.41) is 1.12. The minimum atomic E-state index is -0.457. The second kappa shape index (κ2) is 7.07. The van der Waals surface area contributed by atoms with Crippen molar-refractivity contribution in [3.63, 3.8) is 0 Å². The van der Waals surface area contributed by atoms with E-state index in [1.807, 2.05) is 13.8 Å². The smallest absolute Gasteiger partial charge is 0.239 e. The summed E-state index contributed by atoms with van der Waals surface area (Å²) in [6, 6.07) is -0.423. The largest absolute Gasteiger partial charge is 0.337 e. The molecular formula is C12H22ClN3OS. The minimum absolute atomic E-state index is 0. The summed E-state index contributed by atoms with van der Waals surface area (Å²) in [6.45, 7) is 7.80. The van der Waals surface area contributed by atoms with Crippen LogP contribution in [0, 0.1) is 6.92 Å². The van der Waals surface area contributed by atoms with Crippen molar-refractivity contribution in [3.05, 3.63) is 15.6 Å². The molecule has 6 heteroatoms. The van der Waals surface area contributed by atoms with Crippen LogP contribution >= 0.6 is 23.7 Å². The van der Waals surface area contributed by atoms with E-state index in [0.29, 0.717) is 0 Å². The van der Waals surface area contributed by atoms with E-state index in [1.54, 1.807) is 30.2 Å². The van der Waals surface area contributed by atoms with Crippen LogP contribution < -0.4 is 5.73 Å². The normalized spacial score (nSPS) is 13.7. The molecule has 1 aromatic rings. The maximum absolute atomic E-state index is 11.8. The van der Waals surface area contributed by atoms with Gasteiger partial charge in [0.1, 0.15) is 0 Å². The first kappa shape index (κ1) is 17.4. The lowest BCUT2D eigenvalue weighted by molar-refractivity contribution is -0.132. The highest BCUT2D eigenvalue weighted by Crippen LogP contribution is 2.28. The number of amides is 1. The Hall–Kier alpha value is -0.650. The van der Waals surface area contributed by atoms with E-state index in [-0.39, 0.29) is 24.4 Å². The van der Waals surface area contributed by atoms with Gasteiger partial charge < -0.3 is 10.6 Å². The first-order valence-corrected chi connectivity index (χ1v) is 6.68. The highest BCUT2D eigenvalue weighted by atomic mass is 35.5. The number of hydrogen-bond acceptors (Lipinski definition) is 4. The number of nitrogens with zero attached hydrogens (tertiary/aromatic N) is 2. The molecule has 104 valence electrons. The first-order valence-electron chi connectivity index (χ1n) is 5.86. The average molecular weight is 292 g/mol. The molecule has 1 aromatic heterocycles. The van der Waals surface area contributed by atoms with Gasteiger partial charge in [0.2, 0.25) is 5.91 Å². The van der Waals surface area contributed by atoms with Crippen molar-refractivity contribution < 1.29 is 4.79 Å². The number of likely N-dealkylation sites (N-methyl/N-ethyl adjacent to an activating group) is 1. The zero-order valence-corrected chi connectivity index (χ0v) is 13.2. The summed E-state index contributed by atoms with van der Waals surface area (Å²) >= 11 is 1.68. The molecule has 2 N–H and O–H groups in total. The highest BCUT2D eigenvalue weighted by molar-refractivity contribution is 7.11. The maximum Gasteiger partial charge on any atom is 0.239 e. The third kappa shape index (κ3) is 3.67. The van der Waals surface area contributed by atoms with E-state index in [0.717, 1.165) is 22.0 Å². The minimum Gasteiger partial charge on any atom is -0.337 e. The maximum atomic E-state index is 11.8. The molecular weight excluding hydrogens is 270 g/mol. The molecule has 1 amide bonds. The topological polar surface area (TPSA) is 59.2 Å². The number of carbonyl (C=O) groups excluding carboxylic acids is 1. The molecule has 0 bridgehead atoms. The number of aryl methyl sites for hydroxylation is 2. The van der Waals surface area contributed by atoms with Crippen LogP contribution in [0.15, 0.2) is 0 Å². The van der Waals surface area contributed by atoms with E-state index >= 15 is 0 Å². The molecule has 2 unspecified atom stereocenters. The fraction of sp³-hybridized carbons (Fsp3) is 0.667. The predicted molar refractivity (Wildman–Crippen MR) is 78.3 cm³/mol. The first-order chi connectivity index (χ1) is 7.88. The molecule has 0 fully saturated rings. The molecule has 0 spiro atoms. The Balaban J connectivity index is 0.00000289. The van der Waals surface area contributed by atoms with E-state index in [9.17, 15) is 4.79 Å². The van der Waals surface area contributed by atoms with Crippen LogP contribution in [-0.4, -0.2) is 28.9 Å². The molecule has 2 atom stereocenters. The van der Waals surface area contributed by atoms with Gasteiger partial charge in [0.25, 0.3) is 0 Å². The van der Waals surface area contributed by atoms with Crippen molar-refractivity contribution >= 4 is 29.7 Å². The van der Waals surface area contributed by atoms with Crippen LogP contribution in [0.4, 0.5) is 0 Å². The lowest BCUT2D eigenvalue weighted by Gasteiger charge is -2.26. The number of aromatic nitrogens is 1. The van der Waals surface area contributed by atoms with Crippen LogP contribution in [-0.2, 0) is 11.2 Å². The van der Waals surface area contributed by atoms with Gasteiger partial charge in [0.15, 0.2) is 0 Å². The van der Waals surface area contributed by atoms with E-state index < -0.39 is 6.04 Å². The van der Waals surface area contributed by atoms with Gasteiger partial charge in [-0.15, -0.1) is 23.7 Å². The number of hydrogen-bond donors (Lipinski definition) is 1. The third-order valence-electron chi connectivity index (χ3n) is 2.88. The van der Waals surface area contributed by atoms with Crippen molar-refractivity contribution in [1.29, 1.82) is 0 Å². The molecule has 0 aromatic carbocycles. The zero-order chi connectivity index (χ0) is 13.2. The molecule has 0 aliphatic rings. The Kier molecular flexibility index (Phi) is 6.81. The summed E-state index contributed by atoms with van der Waals surface area (Å²) < 4.78 is 0. The molecule has 18 heavy (non-hydrogen) atoms. The predicted octanol–water partition coefficient (Wildman–Crippen LogP) is 2.30. The number of rotatable bonds is 4. The second-order valence-electron chi connectivity index (χ2n) is 4.32. The zero-order valence-electron chi connectivity index (χ0n) is 11.6. The molecule has 0 radical (unpaired) electrons. The van der Waals surface area contributed by atoms with Gasteiger partial charge in [-0.05, 0) is 27.2 Å². The molecule has 0 saturated carbocycles. The molecule has 1 heterocycles. The van der Waals surface area contributed by atoms with Gasteiger partial charge in [-0.2, -0.15) is 0 Å². The van der Waals surface area contributed by atoms with Gasteiger partial charge in [-0.1, -0.05) is 6.92 Å². The van der Waals surface area contributed by atoms with Crippen molar-refractivity contribution in [1.82, 2.24) is 9.88 Å². The fourth-order valence-corrected chi connectivity index (χ4v) is 2.80. The van der Waals surface area contributed by atoms with Gasteiger partial charge in [0, 0.05) is 11.9 Å². The average Bonchev–Trinajstić information content (AvgIpc) is 2.67. The molecule has 0 aliphatic carbocycles. The van der Waals surface area contributed by atoms with Crippen molar-refractivity contribution in [2.24, 2.45) is 5.73 Å². The van der Waals surface area contributed by atoms with Crippen LogP contribution in [0.2, 0.25) is 0 Å². The van der Waals surface area contributed by atoms with Gasteiger partial charge in [-0.25, -0.2) is 4.98 Å². The monoisotopic (exact) mass is 291 g/mol. The Morgan fingerprint density at radius 2 is 2.06 bits per heavy atom. The third-order valence-corrected chi connectivity index (χ3v) is 4.35. The highest BCUT2D eigenvalue weighted by Gasteiger charge is 2.23. The molecule has 0 aliphatic heterocycles. The number of halogens is 1. The van der Waals surface area contributed by atoms with Crippen LogP contribution in [0.1, 0.15) is 42.4 Å².